The maximum absolute atomic E-state index is 12.6. The lowest BCUT2D eigenvalue weighted by molar-refractivity contribution is -0.253. The molecule has 2 saturated heterocycles. The SMILES string of the molecule is CC1(C)CC2CC(C)(CN2C[C@@H]2C[C@H](c3ccc(CO)cc3)O[C@H](c3ccc(CNC(=O)CCCCCCC(=O)Nc4ccccc4N)cc3)O2)C1. The van der Waals surface area contributed by atoms with E-state index in [-0.39, 0.29) is 30.6 Å². The molecule has 3 aromatic rings. The number of aliphatic hydroxyl groups excluding tert-OH is 1. The topological polar surface area (TPSA) is 126 Å². The second-order valence-corrected chi connectivity index (χ2v) is 16.6. The first-order valence-corrected chi connectivity index (χ1v) is 19.2. The average Bonchev–Trinajstić information content (AvgIpc) is 3.36. The molecule has 1 aliphatic carbocycles. The summed E-state index contributed by atoms with van der Waals surface area (Å²) in [5.41, 5.74) is 11.8. The molecule has 2 aliphatic heterocycles. The van der Waals surface area contributed by atoms with Gasteiger partial charge in [0, 0.05) is 50.5 Å². The minimum atomic E-state index is -0.499. The van der Waals surface area contributed by atoms with E-state index < -0.39 is 6.29 Å². The van der Waals surface area contributed by atoms with Crippen molar-refractivity contribution in [3.63, 3.8) is 0 Å². The molecule has 9 heteroatoms. The summed E-state index contributed by atoms with van der Waals surface area (Å²) in [5.74, 6) is -0.0129. The number of ether oxygens (including phenoxy) is 2. The van der Waals surface area contributed by atoms with Gasteiger partial charge in [-0.3, -0.25) is 14.5 Å². The molecule has 0 spiro atoms. The van der Waals surface area contributed by atoms with Crippen LogP contribution in [-0.4, -0.2) is 47.1 Å². The zero-order valence-corrected chi connectivity index (χ0v) is 31.2. The highest BCUT2D eigenvalue weighted by molar-refractivity contribution is 5.93. The number of nitrogens with zero attached hydrogens (tertiary/aromatic N) is 1. The van der Waals surface area contributed by atoms with Gasteiger partial charge in [-0.1, -0.05) is 94.3 Å². The van der Waals surface area contributed by atoms with Crippen molar-refractivity contribution >= 4 is 23.2 Å². The quantitative estimate of drug-likeness (QED) is 0.0937. The van der Waals surface area contributed by atoms with Gasteiger partial charge in [-0.05, 0) is 71.8 Å². The number of carbonyl (C=O) groups is 2. The molecule has 1 saturated carbocycles. The minimum Gasteiger partial charge on any atom is -0.397 e. The number of amides is 2. The van der Waals surface area contributed by atoms with Gasteiger partial charge < -0.3 is 30.9 Å². The molecule has 3 fully saturated rings. The lowest BCUT2D eigenvalue weighted by Gasteiger charge is -2.41. The predicted octanol–water partition coefficient (Wildman–Crippen LogP) is 7.80. The summed E-state index contributed by atoms with van der Waals surface area (Å²) in [6, 6.07) is 24.1. The minimum absolute atomic E-state index is 0.0203. The Morgan fingerprint density at radius 3 is 2.23 bits per heavy atom. The maximum atomic E-state index is 12.6. The molecule has 3 aromatic carbocycles. The van der Waals surface area contributed by atoms with E-state index in [1.165, 1.54) is 19.3 Å². The monoisotopic (exact) mass is 710 g/mol. The fraction of sp³-hybridized carbons (Fsp3) is 0.535. The molecule has 2 heterocycles. The van der Waals surface area contributed by atoms with Crippen molar-refractivity contribution in [3.05, 3.63) is 95.1 Å². The van der Waals surface area contributed by atoms with Crippen LogP contribution in [0.15, 0.2) is 72.8 Å². The largest absolute Gasteiger partial charge is 0.397 e. The molecule has 6 rings (SSSR count). The number of aliphatic hydroxyl groups is 1. The van der Waals surface area contributed by atoms with Crippen LogP contribution in [0.4, 0.5) is 11.4 Å². The standard InChI is InChI=1S/C43H58N4O5/c1-42(2)23-34-24-43(3,28-42)29-47(34)26-35-22-38(32-18-16-31(27-48)17-19-32)52-41(51-35)33-20-14-30(15-21-33)25-45-39(49)12-6-4-5-7-13-40(50)46-37-11-9-8-10-36(37)44/h8-11,14-21,34-35,38,41,48H,4-7,12-13,22-29,44H2,1-3H3,(H,45,49)(H,46,50)/t34?,35-,38+,41+,43?/m0/s1. The first-order valence-electron chi connectivity index (χ1n) is 19.2. The van der Waals surface area contributed by atoms with Crippen LogP contribution in [0.3, 0.4) is 0 Å². The van der Waals surface area contributed by atoms with Gasteiger partial charge in [0.1, 0.15) is 0 Å². The van der Waals surface area contributed by atoms with Gasteiger partial charge in [-0.2, -0.15) is 0 Å². The van der Waals surface area contributed by atoms with E-state index in [1.807, 2.05) is 36.4 Å². The molecule has 5 atom stereocenters. The van der Waals surface area contributed by atoms with E-state index in [0.29, 0.717) is 47.6 Å². The van der Waals surface area contributed by atoms with Crippen LogP contribution in [0.5, 0.6) is 0 Å². The number of nitrogens with one attached hydrogen (secondary N) is 2. The van der Waals surface area contributed by atoms with Crippen LogP contribution in [0, 0.1) is 10.8 Å². The van der Waals surface area contributed by atoms with Crippen molar-refractivity contribution in [2.45, 2.75) is 123 Å². The summed E-state index contributed by atoms with van der Waals surface area (Å²) in [6.45, 7) is 9.79. The Morgan fingerprint density at radius 1 is 0.846 bits per heavy atom. The number of nitrogens with two attached hydrogens (primary N) is 1. The van der Waals surface area contributed by atoms with Gasteiger partial charge in [0.25, 0.3) is 0 Å². The summed E-state index contributed by atoms with van der Waals surface area (Å²) >= 11 is 0. The van der Waals surface area contributed by atoms with Crippen LogP contribution in [-0.2, 0) is 32.2 Å². The number of carbonyl (C=O) groups excluding carboxylic acids is 2. The number of hydrogen-bond donors (Lipinski definition) is 4. The molecule has 5 N–H and O–H groups in total. The Kier molecular flexibility index (Phi) is 12.4. The summed E-state index contributed by atoms with van der Waals surface area (Å²) in [4.78, 5) is 27.5. The first-order chi connectivity index (χ1) is 25.0. The van der Waals surface area contributed by atoms with Crippen LogP contribution >= 0.6 is 0 Å². The number of anilines is 2. The molecule has 0 radical (unpaired) electrons. The van der Waals surface area contributed by atoms with Crippen molar-refractivity contribution in [3.8, 4) is 0 Å². The molecule has 2 bridgehead atoms. The van der Waals surface area contributed by atoms with Crippen molar-refractivity contribution in [1.29, 1.82) is 0 Å². The van der Waals surface area contributed by atoms with Crippen molar-refractivity contribution in [2.75, 3.05) is 24.1 Å². The Balaban J connectivity index is 0.972. The zero-order valence-electron chi connectivity index (χ0n) is 31.2. The third kappa shape index (κ3) is 10.2. The average molecular weight is 711 g/mol. The zero-order chi connectivity index (χ0) is 36.7. The molecule has 280 valence electrons. The Labute approximate surface area is 309 Å². The number of nitrogen functional groups attached to an aromatic ring is 1. The molecule has 9 nitrogen and oxygen atoms in total. The van der Waals surface area contributed by atoms with Gasteiger partial charge in [0.15, 0.2) is 6.29 Å². The van der Waals surface area contributed by atoms with Crippen LogP contribution in [0.2, 0.25) is 0 Å². The van der Waals surface area contributed by atoms with E-state index in [1.54, 1.807) is 12.1 Å². The van der Waals surface area contributed by atoms with Crippen LogP contribution in [0.1, 0.15) is 120 Å². The second kappa shape index (κ2) is 16.9. The van der Waals surface area contributed by atoms with E-state index in [9.17, 15) is 14.7 Å². The summed E-state index contributed by atoms with van der Waals surface area (Å²) in [5, 5.41) is 15.5. The van der Waals surface area contributed by atoms with Gasteiger partial charge in [-0.15, -0.1) is 0 Å². The molecule has 2 unspecified atom stereocenters. The number of likely N-dealkylation sites (tertiary alicyclic amines) is 1. The number of fused-ring (bicyclic) bond motifs is 2. The highest BCUT2D eigenvalue weighted by Gasteiger charge is 2.50. The summed E-state index contributed by atoms with van der Waals surface area (Å²) < 4.78 is 13.3. The van der Waals surface area contributed by atoms with E-state index >= 15 is 0 Å². The molecular formula is C43H58N4O5. The second-order valence-electron chi connectivity index (χ2n) is 16.6. The lowest BCUT2D eigenvalue weighted by Crippen LogP contribution is -2.42. The highest BCUT2D eigenvalue weighted by Crippen LogP contribution is 2.53. The Hall–Kier alpha value is -3.76. The normalized spacial score (nSPS) is 25.5. The third-order valence-corrected chi connectivity index (χ3v) is 11.1. The van der Waals surface area contributed by atoms with E-state index in [4.69, 9.17) is 15.2 Å². The lowest BCUT2D eigenvalue weighted by atomic mass is 9.65. The summed E-state index contributed by atoms with van der Waals surface area (Å²) in [7, 11) is 0. The van der Waals surface area contributed by atoms with Gasteiger partial charge in [0.2, 0.25) is 11.8 Å². The first kappa shape index (κ1) is 38.0. The third-order valence-electron chi connectivity index (χ3n) is 11.1. The molecular weight excluding hydrogens is 652 g/mol. The number of rotatable bonds is 15. The molecule has 0 aromatic heterocycles. The van der Waals surface area contributed by atoms with E-state index in [0.717, 1.165) is 67.4 Å². The van der Waals surface area contributed by atoms with Crippen molar-refractivity contribution < 1.29 is 24.2 Å². The fourth-order valence-electron chi connectivity index (χ4n) is 8.91. The van der Waals surface area contributed by atoms with Crippen molar-refractivity contribution in [2.24, 2.45) is 10.8 Å². The molecule has 52 heavy (non-hydrogen) atoms. The number of benzene rings is 3. The number of para-hydroxylation sites is 2. The van der Waals surface area contributed by atoms with Crippen LogP contribution < -0.4 is 16.4 Å². The fourth-order valence-corrected chi connectivity index (χ4v) is 8.91. The molecule has 2 amide bonds. The smallest absolute Gasteiger partial charge is 0.224 e. The summed E-state index contributed by atoms with van der Waals surface area (Å²) in [6.07, 6.45) is 8.20. The maximum Gasteiger partial charge on any atom is 0.224 e. The highest BCUT2D eigenvalue weighted by atomic mass is 16.7. The molecule has 3 aliphatic rings. The number of hydrogen-bond acceptors (Lipinski definition) is 7. The Bertz CT molecular complexity index is 1640. The van der Waals surface area contributed by atoms with Gasteiger partial charge in [-0.25, -0.2) is 0 Å². The Morgan fingerprint density at radius 2 is 1.52 bits per heavy atom. The van der Waals surface area contributed by atoms with Crippen molar-refractivity contribution in [1.82, 2.24) is 10.2 Å². The van der Waals surface area contributed by atoms with E-state index in [2.05, 4.69) is 60.6 Å². The predicted molar refractivity (Wildman–Crippen MR) is 205 cm³/mol. The van der Waals surface area contributed by atoms with Gasteiger partial charge >= 0.3 is 0 Å². The number of unbranched alkanes of at least 4 members (excludes halogenated alkanes) is 3. The van der Waals surface area contributed by atoms with Crippen LogP contribution in [0.25, 0.3) is 0 Å². The van der Waals surface area contributed by atoms with Gasteiger partial charge in [0.05, 0.1) is 30.2 Å².